The molecule has 0 aliphatic heterocycles. The summed E-state index contributed by atoms with van der Waals surface area (Å²) in [5.41, 5.74) is -0.519. The van der Waals surface area contributed by atoms with Gasteiger partial charge in [-0.05, 0) is 12.1 Å². The maximum atomic E-state index is 12.1. The number of aromatic amines is 1. The molecule has 0 saturated heterocycles. The van der Waals surface area contributed by atoms with Crippen LogP contribution < -0.4 is 4.74 Å². The van der Waals surface area contributed by atoms with Crippen molar-refractivity contribution in [3.8, 4) is 5.75 Å². The number of carbonyl (C=O) groups is 1. The lowest BCUT2D eigenvalue weighted by molar-refractivity contribution is -0.385. The molecule has 0 saturated carbocycles. The number of hydrogen-bond acceptors (Lipinski definition) is 5. The van der Waals surface area contributed by atoms with Crippen LogP contribution >= 0.6 is 11.6 Å². The van der Waals surface area contributed by atoms with E-state index in [1.165, 1.54) is 11.9 Å². The number of carbonyl (C=O) groups excluding carboxylic acids is 1. The van der Waals surface area contributed by atoms with E-state index >= 15 is 0 Å². The number of ether oxygens (including phenoxy) is 1. The van der Waals surface area contributed by atoms with Crippen molar-refractivity contribution in [1.29, 1.82) is 0 Å². The van der Waals surface area contributed by atoms with Gasteiger partial charge in [-0.15, -0.1) is 0 Å². The predicted molar refractivity (Wildman–Crippen MR) is 79.1 cm³/mol. The summed E-state index contributed by atoms with van der Waals surface area (Å²) >= 11 is 5.95. The van der Waals surface area contributed by atoms with Crippen LogP contribution in [0, 0.1) is 10.1 Å². The molecule has 1 aromatic carbocycles. The van der Waals surface area contributed by atoms with Crippen LogP contribution in [0.5, 0.6) is 5.75 Å². The number of aromatic nitrogens is 2. The molecule has 1 amide bonds. The molecule has 0 bridgehead atoms. The van der Waals surface area contributed by atoms with Crippen molar-refractivity contribution in [2.45, 2.75) is 0 Å². The van der Waals surface area contributed by atoms with Crippen LogP contribution in [0.4, 0.5) is 5.69 Å². The van der Waals surface area contributed by atoms with Gasteiger partial charge < -0.3 is 9.64 Å². The Morgan fingerprint density at radius 3 is 2.91 bits per heavy atom. The minimum Gasteiger partial charge on any atom is -0.490 e. The third kappa shape index (κ3) is 3.53. The van der Waals surface area contributed by atoms with Gasteiger partial charge in [-0.3, -0.25) is 20.0 Å². The number of amides is 1. The highest BCUT2D eigenvalue weighted by molar-refractivity contribution is 6.32. The maximum absolute atomic E-state index is 12.1. The summed E-state index contributed by atoms with van der Waals surface area (Å²) in [5, 5.41) is 17.1. The fourth-order valence-corrected chi connectivity index (χ4v) is 1.91. The SMILES string of the molecule is CN(CCOc1ccccc1Cl)C(=O)c1[nH]ncc1[N+](=O)[O-]. The summed E-state index contributed by atoms with van der Waals surface area (Å²) in [6.45, 7) is 0.439. The van der Waals surface area contributed by atoms with E-state index in [0.29, 0.717) is 10.8 Å². The van der Waals surface area contributed by atoms with Crippen LogP contribution in [-0.4, -0.2) is 46.1 Å². The monoisotopic (exact) mass is 324 g/mol. The Morgan fingerprint density at radius 1 is 1.50 bits per heavy atom. The van der Waals surface area contributed by atoms with E-state index in [9.17, 15) is 14.9 Å². The average Bonchev–Trinajstić information content (AvgIpc) is 2.98. The van der Waals surface area contributed by atoms with Gasteiger partial charge in [-0.1, -0.05) is 23.7 Å². The third-order valence-corrected chi connectivity index (χ3v) is 3.21. The molecular weight excluding hydrogens is 312 g/mol. The topological polar surface area (TPSA) is 101 Å². The van der Waals surface area contributed by atoms with Gasteiger partial charge in [0.1, 0.15) is 18.6 Å². The molecule has 1 heterocycles. The number of nitrogens with zero attached hydrogens (tertiary/aromatic N) is 3. The van der Waals surface area contributed by atoms with E-state index in [1.54, 1.807) is 24.3 Å². The van der Waals surface area contributed by atoms with Gasteiger partial charge in [0, 0.05) is 7.05 Å². The van der Waals surface area contributed by atoms with E-state index in [1.807, 2.05) is 0 Å². The highest BCUT2D eigenvalue weighted by Gasteiger charge is 2.25. The average molecular weight is 325 g/mol. The molecule has 0 unspecified atom stereocenters. The molecule has 2 rings (SSSR count). The predicted octanol–water partition coefficient (Wildman–Crippen LogP) is 2.12. The van der Waals surface area contributed by atoms with Crippen molar-refractivity contribution in [2.75, 3.05) is 20.2 Å². The van der Waals surface area contributed by atoms with Crippen LogP contribution in [0.25, 0.3) is 0 Å². The van der Waals surface area contributed by atoms with Crippen molar-refractivity contribution in [2.24, 2.45) is 0 Å². The molecule has 0 aliphatic carbocycles. The molecule has 0 aliphatic rings. The number of nitro groups is 1. The summed E-state index contributed by atoms with van der Waals surface area (Å²) in [6, 6.07) is 6.97. The van der Waals surface area contributed by atoms with Gasteiger partial charge in [-0.25, -0.2) is 0 Å². The van der Waals surface area contributed by atoms with Gasteiger partial charge in [0.2, 0.25) is 5.69 Å². The smallest absolute Gasteiger partial charge is 0.319 e. The van der Waals surface area contributed by atoms with Gasteiger partial charge >= 0.3 is 5.69 Å². The molecule has 0 radical (unpaired) electrons. The molecule has 8 nitrogen and oxygen atoms in total. The first-order valence-corrected chi connectivity index (χ1v) is 6.69. The van der Waals surface area contributed by atoms with Gasteiger partial charge in [0.25, 0.3) is 5.91 Å². The van der Waals surface area contributed by atoms with Crippen molar-refractivity contribution >= 4 is 23.2 Å². The summed E-state index contributed by atoms with van der Waals surface area (Å²) in [7, 11) is 1.52. The Morgan fingerprint density at radius 2 is 2.23 bits per heavy atom. The highest BCUT2D eigenvalue weighted by atomic mass is 35.5. The lowest BCUT2D eigenvalue weighted by Gasteiger charge is -2.16. The summed E-state index contributed by atoms with van der Waals surface area (Å²) in [5.74, 6) is -0.0236. The zero-order valence-electron chi connectivity index (χ0n) is 11.7. The lowest BCUT2D eigenvalue weighted by Crippen LogP contribution is -2.31. The highest BCUT2D eigenvalue weighted by Crippen LogP contribution is 2.23. The maximum Gasteiger partial charge on any atom is 0.319 e. The zero-order chi connectivity index (χ0) is 16.1. The Hall–Kier alpha value is -2.61. The largest absolute Gasteiger partial charge is 0.490 e. The first kappa shape index (κ1) is 15.8. The van der Waals surface area contributed by atoms with Gasteiger partial charge in [-0.2, -0.15) is 5.10 Å². The molecule has 0 atom stereocenters. The van der Waals surface area contributed by atoms with E-state index < -0.39 is 10.8 Å². The van der Waals surface area contributed by atoms with Crippen molar-refractivity contribution < 1.29 is 14.5 Å². The van der Waals surface area contributed by atoms with E-state index in [2.05, 4.69) is 10.2 Å². The fourth-order valence-electron chi connectivity index (χ4n) is 1.72. The van der Waals surface area contributed by atoms with E-state index in [0.717, 1.165) is 6.20 Å². The molecule has 22 heavy (non-hydrogen) atoms. The number of halogens is 1. The molecule has 9 heteroatoms. The van der Waals surface area contributed by atoms with E-state index in [4.69, 9.17) is 16.3 Å². The molecule has 1 N–H and O–H groups in total. The minimum atomic E-state index is -0.662. The summed E-state index contributed by atoms with van der Waals surface area (Å²) < 4.78 is 5.47. The zero-order valence-corrected chi connectivity index (χ0v) is 12.4. The molecular formula is C13H13ClN4O4. The molecule has 0 fully saturated rings. The van der Waals surface area contributed by atoms with Crippen LogP contribution in [-0.2, 0) is 0 Å². The first-order chi connectivity index (χ1) is 10.5. The number of rotatable bonds is 6. The second-order valence-corrected chi connectivity index (χ2v) is 4.80. The minimum absolute atomic E-state index is 0.162. The summed E-state index contributed by atoms with van der Waals surface area (Å²) in [6.07, 6.45) is 1.00. The molecule has 2 aromatic rings. The molecule has 116 valence electrons. The van der Waals surface area contributed by atoms with Crippen LogP contribution in [0.15, 0.2) is 30.5 Å². The van der Waals surface area contributed by atoms with Crippen molar-refractivity contribution in [1.82, 2.24) is 15.1 Å². The first-order valence-electron chi connectivity index (χ1n) is 6.31. The van der Waals surface area contributed by atoms with Crippen molar-refractivity contribution in [3.05, 3.63) is 51.3 Å². The van der Waals surface area contributed by atoms with Crippen LogP contribution in [0.1, 0.15) is 10.5 Å². The summed E-state index contributed by atoms with van der Waals surface area (Å²) in [4.78, 5) is 23.5. The van der Waals surface area contributed by atoms with Crippen LogP contribution in [0.2, 0.25) is 5.02 Å². The second-order valence-electron chi connectivity index (χ2n) is 4.39. The van der Waals surface area contributed by atoms with Gasteiger partial charge in [0.15, 0.2) is 0 Å². The quantitative estimate of drug-likeness (QED) is 0.647. The third-order valence-electron chi connectivity index (χ3n) is 2.90. The number of para-hydroxylation sites is 1. The van der Waals surface area contributed by atoms with E-state index in [-0.39, 0.29) is 24.5 Å². The fraction of sp³-hybridized carbons (Fsp3) is 0.231. The van der Waals surface area contributed by atoms with Crippen LogP contribution in [0.3, 0.4) is 0 Å². The number of benzene rings is 1. The van der Waals surface area contributed by atoms with Crippen molar-refractivity contribution in [3.63, 3.8) is 0 Å². The normalized spacial score (nSPS) is 10.3. The Kier molecular flexibility index (Phi) is 4.95. The number of likely N-dealkylation sites (N-methyl/N-ethyl adjacent to an activating group) is 1. The number of hydrogen-bond donors (Lipinski definition) is 1. The molecule has 1 aromatic heterocycles. The second kappa shape index (κ2) is 6.90. The Labute approximate surface area is 130 Å². The Bertz CT molecular complexity index is 688. The number of nitrogens with one attached hydrogen (secondary N) is 1. The number of H-pyrrole nitrogens is 1. The lowest BCUT2D eigenvalue weighted by atomic mass is 10.3. The van der Waals surface area contributed by atoms with Gasteiger partial charge in [0.05, 0.1) is 16.5 Å². The standard InChI is InChI=1S/C13H13ClN4O4/c1-17(6-7-22-11-5-3-2-4-9(11)14)13(19)12-10(18(20)21)8-15-16-12/h2-5,8H,6-7H2,1H3,(H,15,16). The molecule has 0 spiro atoms. The Balaban J connectivity index is 1.93.